The van der Waals surface area contributed by atoms with E-state index in [2.05, 4.69) is 78.6 Å². The molecule has 3 aliphatic rings. The van der Waals surface area contributed by atoms with Gasteiger partial charge < -0.3 is 4.90 Å². The molecule has 1 amide bonds. The summed E-state index contributed by atoms with van der Waals surface area (Å²) in [6.07, 6.45) is 5.71. The van der Waals surface area contributed by atoms with Crippen LogP contribution in [0.1, 0.15) is 39.0 Å². The number of thioether (sulfide) groups is 2. The number of hydrogen-bond donors (Lipinski definition) is 0. The van der Waals surface area contributed by atoms with E-state index in [0.717, 1.165) is 40.2 Å². The number of benzene rings is 3. The second-order valence-corrected chi connectivity index (χ2v) is 11.0. The van der Waals surface area contributed by atoms with Crippen LogP contribution in [0.4, 0.5) is 11.4 Å². The van der Waals surface area contributed by atoms with Crippen LogP contribution in [0.25, 0.3) is 10.8 Å². The average Bonchev–Trinajstić information content (AvgIpc) is 3.41. The summed E-state index contributed by atoms with van der Waals surface area (Å²) in [6, 6.07) is 23.3. The van der Waals surface area contributed by atoms with Gasteiger partial charge in [0.2, 0.25) is 0 Å². The number of anilines is 1. The summed E-state index contributed by atoms with van der Waals surface area (Å²) in [5, 5.41) is 4.23. The van der Waals surface area contributed by atoms with Crippen molar-refractivity contribution in [3.63, 3.8) is 0 Å². The van der Waals surface area contributed by atoms with Crippen molar-refractivity contribution >= 4 is 56.7 Å². The Kier molecular flexibility index (Phi) is 5.87. The summed E-state index contributed by atoms with van der Waals surface area (Å²) >= 11 is 3.26. The lowest BCUT2D eigenvalue weighted by Crippen LogP contribution is -2.40. The molecule has 1 aliphatic carbocycles. The van der Waals surface area contributed by atoms with Crippen LogP contribution in [0.15, 0.2) is 86.6 Å². The molecule has 0 atom stereocenters. The second-order valence-electron chi connectivity index (χ2n) is 8.94. The third-order valence-corrected chi connectivity index (χ3v) is 9.18. The van der Waals surface area contributed by atoms with Crippen LogP contribution in [0.5, 0.6) is 0 Å². The SMILES string of the molecule is CCN1C(=C2SC(=Nc3ccc4ccccc4c3)N(C3CCCCC3)C2=O)Sc2ccccc21. The fraction of sp³-hybridized carbons (Fsp3) is 0.286. The first-order valence-electron chi connectivity index (χ1n) is 12.1. The molecule has 3 aromatic carbocycles. The number of amides is 1. The predicted molar refractivity (Wildman–Crippen MR) is 145 cm³/mol. The fourth-order valence-electron chi connectivity index (χ4n) is 5.13. The molecule has 0 bridgehead atoms. The Morgan fingerprint density at radius 2 is 1.68 bits per heavy atom. The van der Waals surface area contributed by atoms with Gasteiger partial charge in [0, 0.05) is 17.5 Å². The summed E-state index contributed by atoms with van der Waals surface area (Å²) in [4.78, 5) is 25.3. The molecule has 6 rings (SSSR count). The van der Waals surface area contributed by atoms with E-state index in [1.165, 1.54) is 40.6 Å². The Morgan fingerprint density at radius 1 is 0.912 bits per heavy atom. The monoisotopic (exact) mass is 485 g/mol. The van der Waals surface area contributed by atoms with Gasteiger partial charge in [0.05, 0.1) is 11.4 Å². The summed E-state index contributed by atoms with van der Waals surface area (Å²) in [5.74, 6) is 0.116. The minimum atomic E-state index is 0.116. The van der Waals surface area contributed by atoms with E-state index < -0.39 is 0 Å². The number of carbonyl (C=O) groups is 1. The zero-order chi connectivity index (χ0) is 23.1. The van der Waals surface area contributed by atoms with E-state index in [-0.39, 0.29) is 11.9 Å². The van der Waals surface area contributed by atoms with Crippen LogP contribution < -0.4 is 4.90 Å². The standard InChI is InChI=1S/C28H27N3OS2/c1-2-30-23-14-8-9-15-24(23)33-27(30)25-26(32)31(22-12-4-3-5-13-22)28(34-25)29-21-17-16-19-10-6-7-11-20(19)18-21/h6-11,14-18,22H,2-5,12-13H2,1H3. The van der Waals surface area contributed by atoms with Crippen molar-refractivity contribution < 1.29 is 4.79 Å². The Bertz CT molecular complexity index is 1330. The molecule has 172 valence electrons. The quantitative estimate of drug-likeness (QED) is 0.359. The van der Waals surface area contributed by atoms with Gasteiger partial charge in [0.25, 0.3) is 5.91 Å². The van der Waals surface area contributed by atoms with Gasteiger partial charge in [-0.1, -0.05) is 73.5 Å². The molecule has 2 heterocycles. The number of carbonyl (C=O) groups excluding carboxylic acids is 1. The lowest BCUT2D eigenvalue weighted by atomic mass is 9.94. The van der Waals surface area contributed by atoms with Crippen LogP contribution in [0, 0.1) is 0 Å². The van der Waals surface area contributed by atoms with Crippen molar-refractivity contribution in [1.82, 2.24) is 4.90 Å². The van der Waals surface area contributed by atoms with E-state index in [1.54, 1.807) is 23.5 Å². The van der Waals surface area contributed by atoms with E-state index in [1.807, 2.05) is 4.90 Å². The van der Waals surface area contributed by atoms with E-state index in [4.69, 9.17) is 4.99 Å². The number of amidine groups is 1. The number of rotatable bonds is 3. The number of aliphatic imine (C=N–C) groups is 1. The molecule has 0 spiro atoms. The van der Waals surface area contributed by atoms with Gasteiger partial charge in [-0.05, 0) is 66.6 Å². The highest BCUT2D eigenvalue weighted by atomic mass is 32.2. The number of nitrogens with zero attached hydrogens (tertiary/aromatic N) is 3. The molecular weight excluding hydrogens is 458 g/mol. The first-order chi connectivity index (χ1) is 16.7. The third kappa shape index (κ3) is 3.83. The molecule has 0 unspecified atom stereocenters. The van der Waals surface area contributed by atoms with Crippen molar-refractivity contribution in [2.24, 2.45) is 4.99 Å². The van der Waals surface area contributed by atoms with Crippen molar-refractivity contribution in [3.8, 4) is 0 Å². The van der Waals surface area contributed by atoms with Crippen molar-refractivity contribution in [2.75, 3.05) is 11.4 Å². The fourth-order valence-corrected chi connectivity index (χ4v) is 7.58. The Balaban J connectivity index is 1.43. The molecule has 0 radical (unpaired) electrons. The Morgan fingerprint density at radius 3 is 2.50 bits per heavy atom. The molecule has 0 aromatic heterocycles. The zero-order valence-electron chi connectivity index (χ0n) is 19.2. The van der Waals surface area contributed by atoms with Gasteiger partial charge in [0.15, 0.2) is 5.17 Å². The zero-order valence-corrected chi connectivity index (χ0v) is 20.9. The second kappa shape index (κ2) is 9.16. The van der Waals surface area contributed by atoms with Crippen LogP contribution in [0.2, 0.25) is 0 Å². The summed E-state index contributed by atoms with van der Waals surface area (Å²) in [5.41, 5.74) is 2.09. The highest BCUT2D eigenvalue weighted by molar-refractivity contribution is 8.19. The smallest absolute Gasteiger partial charge is 0.269 e. The summed E-state index contributed by atoms with van der Waals surface area (Å²) < 4.78 is 0. The van der Waals surface area contributed by atoms with Gasteiger partial charge in [-0.2, -0.15) is 0 Å². The van der Waals surface area contributed by atoms with E-state index in [0.29, 0.717) is 0 Å². The summed E-state index contributed by atoms with van der Waals surface area (Å²) in [7, 11) is 0. The number of hydrogen-bond acceptors (Lipinski definition) is 5. The van der Waals surface area contributed by atoms with Gasteiger partial charge in [-0.15, -0.1) is 0 Å². The van der Waals surface area contributed by atoms with E-state index >= 15 is 0 Å². The number of para-hydroxylation sites is 1. The largest absolute Gasteiger partial charge is 0.334 e. The van der Waals surface area contributed by atoms with E-state index in [9.17, 15) is 4.79 Å². The first kappa shape index (κ1) is 21.8. The molecule has 3 aromatic rings. The van der Waals surface area contributed by atoms with Crippen molar-refractivity contribution in [1.29, 1.82) is 0 Å². The first-order valence-corrected chi connectivity index (χ1v) is 13.7. The third-order valence-electron chi connectivity index (χ3n) is 6.83. The highest BCUT2D eigenvalue weighted by Gasteiger charge is 2.42. The minimum absolute atomic E-state index is 0.116. The van der Waals surface area contributed by atoms with Gasteiger partial charge in [-0.3, -0.25) is 9.69 Å². The lowest BCUT2D eigenvalue weighted by Gasteiger charge is -2.30. The molecule has 4 nitrogen and oxygen atoms in total. The maximum Gasteiger partial charge on any atom is 0.269 e. The topological polar surface area (TPSA) is 35.9 Å². The molecule has 6 heteroatoms. The maximum absolute atomic E-state index is 13.9. The van der Waals surface area contributed by atoms with Crippen molar-refractivity contribution in [2.45, 2.75) is 50.0 Å². The molecular formula is C28H27N3OS2. The van der Waals surface area contributed by atoms with Crippen LogP contribution in [-0.2, 0) is 4.79 Å². The average molecular weight is 486 g/mol. The van der Waals surface area contributed by atoms with Crippen LogP contribution in [-0.4, -0.2) is 28.6 Å². The highest BCUT2D eigenvalue weighted by Crippen LogP contribution is 2.51. The minimum Gasteiger partial charge on any atom is -0.334 e. The number of fused-ring (bicyclic) bond motifs is 2. The predicted octanol–water partition coefficient (Wildman–Crippen LogP) is 7.54. The van der Waals surface area contributed by atoms with Gasteiger partial charge >= 0.3 is 0 Å². The molecule has 34 heavy (non-hydrogen) atoms. The van der Waals surface area contributed by atoms with Gasteiger partial charge in [-0.25, -0.2) is 4.99 Å². The maximum atomic E-state index is 13.9. The molecule has 1 saturated heterocycles. The Hall–Kier alpha value is -2.70. The van der Waals surface area contributed by atoms with Crippen molar-refractivity contribution in [3.05, 3.63) is 76.7 Å². The molecule has 2 fully saturated rings. The lowest BCUT2D eigenvalue weighted by molar-refractivity contribution is -0.124. The normalized spacial score (nSPS) is 22.3. The Labute approximate surface area is 209 Å². The summed E-state index contributed by atoms with van der Waals surface area (Å²) in [6.45, 7) is 2.98. The molecule has 1 saturated carbocycles. The molecule has 2 aliphatic heterocycles. The van der Waals surface area contributed by atoms with Gasteiger partial charge in [0.1, 0.15) is 9.93 Å². The molecule has 0 N–H and O–H groups in total. The van der Waals surface area contributed by atoms with Crippen LogP contribution in [0.3, 0.4) is 0 Å². The van der Waals surface area contributed by atoms with Crippen LogP contribution >= 0.6 is 23.5 Å².